The van der Waals surface area contributed by atoms with Crippen LogP contribution >= 0.6 is 0 Å². The molecule has 0 aliphatic carbocycles. The Hall–Kier alpha value is -3.12. The number of piperidine rings is 1. The fraction of sp³-hybridized carbons (Fsp3) is 0.448. The Bertz CT molecular complexity index is 1020. The number of anilines is 1. The summed E-state index contributed by atoms with van der Waals surface area (Å²) in [5.74, 6) is 2.42. The Morgan fingerprint density at radius 1 is 0.886 bits per heavy atom. The van der Waals surface area contributed by atoms with Gasteiger partial charge in [-0.3, -0.25) is 4.90 Å². The minimum absolute atomic E-state index is 0.395. The highest BCUT2D eigenvalue weighted by molar-refractivity contribution is 5.61. The number of ether oxygens (including phenoxy) is 2. The van der Waals surface area contributed by atoms with Crippen molar-refractivity contribution < 1.29 is 9.47 Å². The summed E-state index contributed by atoms with van der Waals surface area (Å²) >= 11 is 0. The number of likely N-dealkylation sites (tertiary alicyclic amines) is 1. The highest BCUT2D eigenvalue weighted by atomic mass is 16.5. The molecule has 1 aliphatic rings. The van der Waals surface area contributed by atoms with E-state index in [-0.39, 0.29) is 0 Å². The van der Waals surface area contributed by atoms with Crippen molar-refractivity contribution >= 4 is 5.95 Å². The first kappa shape index (κ1) is 25.0. The number of unbranched alkanes of at least 4 members (excludes halogenated alkanes) is 2. The quantitative estimate of drug-likeness (QED) is 0.316. The molecule has 1 saturated heterocycles. The first-order valence-corrected chi connectivity index (χ1v) is 13.0. The van der Waals surface area contributed by atoms with E-state index in [2.05, 4.69) is 57.4 Å². The molecule has 1 N–H and O–H groups in total. The van der Waals surface area contributed by atoms with Crippen molar-refractivity contribution in [3.8, 4) is 22.6 Å². The summed E-state index contributed by atoms with van der Waals surface area (Å²) in [6.45, 7) is 8.61. The molecule has 0 amide bonds. The van der Waals surface area contributed by atoms with Crippen LogP contribution in [0.1, 0.15) is 51.5 Å². The maximum absolute atomic E-state index is 5.98. The van der Waals surface area contributed by atoms with Crippen molar-refractivity contribution in [3.63, 3.8) is 0 Å². The standard InChI is InChI=1S/C29H38N4O2/c1-3-5-9-18-35-27-13-12-23(19-28(27)34-4-2)22-33-16-14-26(15-17-33)32-29-30-20-25(21-31-29)24-10-7-6-8-11-24/h6-8,10-13,19-21,26H,3-5,9,14-18,22H2,1-2H3,(H,30,31,32). The number of rotatable bonds is 12. The Labute approximate surface area is 209 Å². The predicted octanol–water partition coefficient (Wildman–Crippen LogP) is 6.19. The van der Waals surface area contributed by atoms with E-state index in [4.69, 9.17) is 9.47 Å². The van der Waals surface area contributed by atoms with Crippen LogP contribution < -0.4 is 14.8 Å². The molecule has 2 heterocycles. The molecule has 2 aromatic carbocycles. The smallest absolute Gasteiger partial charge is 0.222 e. The molecule has 0 radical (unpaired) electrons. The average molecular weight is 475 g/mol. The second kappa shape index (κ2) is 13.1. The van der Waals surface area contributed by atoms with Gasteiger partial charge in [0.2, 0.25) is 5.95 Å². The van der Waals surface area contributed by atoms with Gasteiger partial charge >= 0.3 is 0 Å². The fourth-order valence-electron chi connectivity index (χ4n) is 4.43. The second-order valence-corrected chi connectivity index (χ2v) is 9.13. The molecule has 0 saturated carbocycles. The first-order chi connectivity index (χ1) is 17.2. The van der Waals surface area contributed by atoms with Crippen molar-refractivity contribution in [2.24, 2.45) is 0 Å². The van der Waals surface area contributed by atoms with Crippen LogP contribution in [-0.4, -0.2) is 47.2 Å². The van der Waals surface area contributed by atoms with E-state index in [1.54, 1.807) is 0 Å². The van der Waals surface area contributed by atoms with Gasteiger partial charge in [0.25, 0.3) is 0 Å². The Kier molecular flexibility index (Phi) is 9.35. The van der Waals surface area contributed by atoms with Crippen LogP contribution in [0, 0.1) is 0 Å². The molecule has 1 aliphatic heterocycles. The second-order valence-electron chi connectivity index (χ2n) is 9.13. The third kappa shape index (κ3) is 7.43. The molecule has 0 bridgehead atoms. The Balaban J connectivity index is 1.26. The number of nitrogens with zero attached hydrogens (tertiary/aromatic N) is 3. The average Bonchev–Trinajstić information content (AvgIpc) is 2.90. The molecule has 186 valence electrons. The van der Waals surface area contributed by atoms with Crippen molar-refractivity contribution in [2.75, 3.05) is 31.6 Å². The Morgan fingerprint density at radius 3 is 2.37 bits per heavy atom. The minimum atomic E-state index is 0.395. The van der Waals surface area contributed by atoms with E-state index in [0.29, 0.717) is 18.6 Å². The van der Waals surface area contributed by atoms with Gasteiger partial charge < -0.3 is 14.8 Å². The first-order valence-electron chi connectivity index (χ1n) is 13.0. The molecule has 0 atom stereocenters. The van der Waals surface area contributed by atoms with E-state index < -0.39 is 0 Å². The zero-order chi connectivity index (χ0) is 24.3. The summed E-state index contributed by atoms with van der Waals surface area (Å²) in [7, 11) is 0. The number of nitrogens with one attached hydrogen (secondary N) is 1. The van der Waals surface area contributed by atoms with Crippen molar-refractivity contribution in [1.29, 1.82) is 0 Å². The van der Waals surface area contributed by atoms with Crippen LogP contribution in [0.15, 0.2) is 60.9 Å². The molecule has 0 unspecified atom stereocenters. The topological polar surface area (TPSA) is 59.5 Å². The summed E-state index contributed by atoms with van der Waals surface area (Å²) < 4.78 is 11.9. The number of benzene rings is 2. The van der Waals surface area contributed by atoms with E-state index in [9.17, 15) is 0 Å². The van der Waals surface area contributed by atoms with E-state index in [0.717, 1.165) is 68.1 Å². The van der Waals surface area contributed by atoms with Gasteiger partial charge in [-0.2, -0.15) is 0 Å². The van der Waals surface area contributed by atoms with Crippen molar-refractivity contribution in [2.45, 2.75) is 58.5 Å². The van der Waals surface area contributed by atoms with Crippen LogP contribution in [0.4, 0.5) is 5.95 Å². The fourth-order valence-corrected chi connectivity index (χ4v) is 4.43. The van der Waals surface area contributed by atoms with Gasteiger partial charge in [0.15, 0.2) is 11.5 Å². The van der Waals surface area contributed by atoms with E-state index in [1.807, 2.05) is 37.5 Å². The van der Waals surface area contributed by atoms with Crippen LogP contribution in [0.5, 0.6) is 11.5 Å². The predicted molar refractivity (Wildman–Crippen MR) is 142 cm³/mol. The maximum atomic E-state index is 5.98. The van der Waals surface area contributed by atoms with Crippen LogP contribution in [0.3, 0.4) is 0 Å². The third-order valence-corrected chi connectivity index (χ3v) is 6.40. The van der Waals surface area contributed by atoms with Crippen LogP contribution in [-0.2, 0) is 6.54 Å². The number of hydrogen-bond donors (Lipinski definition) is 1. The summed E-state index contributed by atoms with van der Waals surface area (Å²) in [4.78, 5) is 11.6. The normalized spacial score (nSPS) is 14.6. The lowest BCUT2D eigenvalue weighted by molar-refractivity contribution is 0.210. The molecule has 6 nitrogen and oxygen atoms in total. The lowest BCUT2D eigenvalue weighted by atomic mass is 10.0. The van der Waals surface area contributed by atoms with Crippen molar-refractivity contribution in [3.05, 3.63) is 66.5 Å². The van der Waals surface area contributed by atoms with E-state index >= 15 is 0 Å². The zero-order valence-corrected chi connectivity index (χ0v) is 21.1. The summed E-state index contributed by atoms with van der Waals surface area (Å²) in [6, 6.07) is 17.0. The third-order valence-electron chi connectivity index (χ3n) is 6.40. The lowest BCUT2D eigenvalue weighted by Crippen LogP contribution is -2.38. The maximum Gasteiger partial charge on any atom is 0.222 e. The molecular formula is C29H38N4O2. The number of hydrogen-bond acceptors (Lipinski definition) is 6. The largest absolute Gasteiger partial charge is 0.490 e. The number of aromatic nitrogens is 2. The monoisotopic (exact) mass is 474 g/mol. The molecule has 1 fully saturated rings. The molecule has 4 rings (SSSR count). The van der Waals surface area contributed by atoms with Gasteiger partial charge in [-0.25, -0.2) is 9.97 Å². The lowest BCUT2D eigenvalue weighted by Gasteiger charge is -2.32. The summed E-state index contributed by atoms with van der Waals surface area (Å²) in [6.07, 6.45) is 9.40. The van der Waals surface area contributed by atoms with Gasteiger partial charge in [-0.05, 0) is 49.4 Å². The van der Waals surface area contributed by atoms with Gasteiger partial charge in [-0.1, -0.05) is 56.2 Å². The summed E-state index contributed by atoms with van der Waals surface area (Å²) in [5.41, 5.74) is 3.44. The van der Waals surface area contributed by atoms with Gasteiger partial charge in [0.05, 0.1) is 13.2 Å². The van der Waals surface area contributed by atoms with Crippen LogP contribution in [0.25, 0.3) is 11.1 Å². The van der Waals surface area contributed by atoms with Gasteiger partial charge in [0, 0.05) is 43.6 Å². The minimum Gasteiger partial charge on any atom is -0.490 e. The molecule has 3 aromatic rings. The molecule has 6 heteroatoms. The highest BCUT2D eigenvalue weighted by Gasteiger charge is 2.20. The SMILES string of the molecule is CCCCCOc1ccc(CN2CCC(Nc3ncc(-c4ccccc4)cn3)CC2)cc1OCC. The molecule has 1 aromatic heterocycles. The molecule has 0 spiro atoms. The van der Waals surface area contributed by atoms with Crippen molar-refractivity contribution in [1.82, 2.24) is 14.9 Å². The van der Waals surface area contributed by atoms with Gasteiger partial charge in [-0.15, -0.1) is 0 Å². The van der Waals surface area contributed by atoms with Gasteiger partial charge in [0.1, 0.15) is 0 Å². The zero-order valence-electron chi connectivity index (χ0n) is 21.1. The van der Waals surface area contributed by atoms with E-state index in [1.165, 1.54) is 18.4 Å². The highest BCUT2D eigenvalue weighted by Crippen LogP contribution is 2.30. The molecule has 35 heavy (non-hydrogen) atoms. The van der Waals surface area contributed by atoms with Crippen LogP contribution in [0.2, 0.25) is 0 Å². The Morgan fingerprint density at radius 2 is 1.66 bits per heavy atom. The molecular weight excluding hydrogens is 436 g/mol. The summed E-state index contributed by atoms with van der Waals surface area (Å²) in [5, 5.41) is 3.52.